The Balaban J connectivity index is 2.02. The van der Waals surface area contributed by atoms with Crippen LogP contribution in [0.4, 0.5) is 5.69 Å². The molecule has 3 N–H and O–H groups in total. The number of hydrogen-bond acceptors (Lipinski definition) is 4. The molecule has 1 saturated heterocycles. The number of carbonyl (C=O) groups is 1. The summed E-state index contributed by atoms with van der Waals surface area (Å²) in [7, 11) is -3.02. The van der Waals surface area contributed by atoms with E-state index in [2.05, 4.69) is 5.32 Å². The Hall–Kier alpha value is -1.56. The third kappa shape index (κ3) is 3.26. The van der Waals surface area contributed by atoms with E-state index in [-0.39, 0.29) is 18.2 Å². The summed E-state index contributed by atoms with van der Waals surface area (Å²) in [4.78, 5) is 12.0. The average Bonchev–Trinajstić information content (AvgIpc) is 2.64. The zero-order valence-electron chi connectivity index (χ0n) is 10.8. The summed E-state index contributed by atoms with van der Waals surface area (Å²) in [5.41, 5.74) is 7.58. The van der Waals surface area contributed by atoms with Gasteiger partial charge in [0.2, 0.25) is 0 Å². The molecule has 104 valence electrons. The highest BCUT2D eigenvalue weighted by Crippen LogP contribution is 2.19. The monoisotopic (exact) mass is 282 g/mol. The Labute approximate surface area is 113 Å². The fourth-order valence-corrected chi connectivity index (χ4v) is 4.11. The second-order valence-corrected chi connectivity index (χ2v) is 7.37. The topological polar surface area (TPSA) is 89.3 Å². The molecule has 0 bridgehead atoms. The molecule has 1 aliphatic heterocycles. The fraction of sp³-hybridized carbons (Fsp3) is 0.462. The molecule has 1 amide bonds. The zero-order valence-corrected chi connectivity index (χ0v) is 11.7. The summed E-state index contributed by atoms with van der Waals surface area (Å²) in [6, 6.07) is 5.10. The van der Waals surface area contributed by atoms with E-state index in [1.165, 1.54) is 0 Å². The Morgan fingerprint density at radius 1 is 1.42 bits per heavy atom. The molecule has 1 fully saturated rings. The van der Waals surface area contributed by atoms with Gasteiger partial charge in [-0.15, -0.1) is 0 Å². The highest BCUT2D eigenvalue weighted by molar-refractivity contribution is 7.92. The Bertz CT molecular complexity index is 576. The van der Waals surface area contributed by atoms with Gasteiger partial charge in [-0.2, -0.15) is 0 Å². The van der Waals surface area contributed by atoms with Crippen molar-refractivity contribution in [3.05, 3.63) is 29.3 Å². The molecule has 1 heterocycles. The number of anilines is 1. The van der Waals surface area contributed by atoms with Gasteiger partial charge in [0.05, 0.1) is 11.0 Å². The lowest BCUT2D eigenvalue weighted by Gasteiger charge is -2.11. The first kappa shape index (κ1) is 13.9. The molecule has 0 aliphatic carbocycles. The van der Waals surface area contributed by atoms with Crippen molar-refractivity contribution in [1.82, 2.24) is 5.32 Å². The number of amides is 1. The van der Waals surface area contributed by atoms with Gasteiger partial charge in [-0.05, 0) is 43.5 Å². The summed E-state index contributed by atoms with van der Waals surface area (Å²) < 4.78 is 23.3. The van der Waals surface area contributed by atoms with Gasteiger partial charge in [-0.25, -0.2) is 8.42 Å². The largest absolute Gasteiger partial charge is 0.399 e. The molecule has 1 aromatic rings. The van der Waals surface area contributed by atoms with Crippen molar-refractivity contribution < 1.29 is 13.2 Å². The molecular formula is C13H18N2O3S. The average molecular weight is 282 g/mol. The van der Waals surface area contributed by atoms with Crippen LogP contribution in [0, 0.1) is 6.92 Å². The van der Waals surface area contributed by atoms with Crippen LogP contribution in [0.3, 0.4) is 0 Å². The van der Waals surface area contributed by atoms with Crippen LogP contribution in [0.15, 0.2) is 18.2 Å². The number of hydrogen-bond donors (Lipinski definition) is 2. The minimum Gasteiger partial charge on any atom is -0.399 e. The van der Waals surface area contributed by atoms with Crippen LogP contribution in [0.1, 0.15) is 28.8 Å². The fourth-order valence-electron chi connectivity index (χ4n) is 2.34. The van der Waals surface area contributed by atoms with Gasteiger partial charge >= 0.3 is 0 Å². The van der Waals surface area contributed by atoms with Crippen LogP contribution in [0.5, 0.6) is 0 Å². The van der Waals surface area contributed by atoms with E-state index < -0.39 is 15.1 Å². The molecule has 1 atom stereocenters. The second-order valence-electron chi connectivity index (χ2n) is 4.97. The van der Waals surface area contributed by atoms with E-state index in [1.54, 1.807) is 18.2 Å². The van der Waals surface area contributed by atoms with Crippen LogP contribution in [0.2, 0.25) is 0 Å². The Morgan fingerprint density at radius 3 is 2.74 bits per heavy atom. The van der Waals surface area contributed by atoms with E-state index in [1.807, 2.05) is 6.92 Å². The van der Waals surface area contributed by atoms with Crippen molar-refractivity contribution in [1.29, 1.82) is 0 Å². The van der Waals surface area contributed by atoms with Crippen molar-refractivity contribution in [2.75, 3.05) is 18.0 Å². The minimum atomic E-state index is -3.02. The Kier molecular flexibility index (Phi) is 3.80. The van der Waals surface area contributed by atoms with Crippen molar-refractivity contribution in [3.8, 4) is 0 Å². The quantitative estimate of drug-likeness (QED) is 0.806. The summed E-state index contributed by atoms with van der Waals surface area (Å²) in [6.07, 6.45) is 1.30. The lowest BCUT2D eigenvalue weighted by atomic mass is 10.1. The normalized spacial score (nSPS) is 21.2. The van der Waals surface area contributed by atoms with E-state index in [4.69, 9.17) is 5.73 Å². The van der Waals surface area contributed by atoms with E-state index in [0.29, 0.717) is 24.1 Å². The highest BCUT2D eigenvalue weighted by atomic mass is 32.2. The summed E-state index contributed by atoms with van der Waals surface area (Å²) in [5.74, 6) is -0.0530. The van der Waals surface area contributed by atoms with E-state index in [0.717, 1.165) is 5.56 Å². The predicted octanol–water partition coefficient (Wildman–Crippen LogP) is 0.884. The maximum Gasteiger partial charge on any atom is 0.251 e. The van der Waals surface area contributed by atoms with Gasteiger partial charge in [0, 0.05) is 17.8 Å². The molecule has 0 saturated carbocycles. The number of aryl methyl sites for hydroxylation is 1. The van der Waals surface area contributed by atoms with Crippen molar-refractivity contribution >= 4 is 21.4 Å². The molecule has 0 spiro atoms. The van der Waals surface area contributed by atoms with Gasteiger partial charge in [-0.3, -0.25) is 4.79 Å². The minimum absolute atomic E-state index is 0.176. The summed E-state index contributed by atoms with van der Waals surface area (Å²) in [6.45, 7) is 2.03. The van der Waals surface area contributed by atoms with Crippen LogP contribution in [-0.4, -0.2) is 31.9 Å². The maximum absolute atomic E-state index is 12.0. The number of rotatable bonds is 3. The number of nitrogens with two attached hydrogens (primary N) is 1. The van der Waals surface area contributed by atoms with E-state index >= 15 is 0 Å². The molecule has 0 radical (unpaired) electrons. The van der Waals surface area contributed by atoms with Crippen LogP contribution < -0.4 is 11.1 Å². The number of benzene rings is 1. The first-order chi connectivity index (χ1) is 8.88. The molecule has 2 rings (SSSR count). The number of nitrogen functional groups attached to an aromatic ring is 1. The molecule has 0 aromatic heterocycles. The number of nitrogens with one attached hydrogen (secondary N) is 1. The molecule has 5 nitrogen and oxygen atoms in total. The predicted molar refractivity (Wildman–Crippen MR) is 74.7 cm³/mol. The van der Waals surface area contributed by atoms with Gasteiger partial charge in [0.1, 0.15) is 0 Å². The van der Waals surface area contributed by atoms with E-state index in [9.17, 15) is 13.2 Å². The summed E-state index contributed by atoms with van der Waals surface area (Å²) in [5, 5.41) is 2.23. The van der Waals surface area contributed by atoms with Crippen LogP contribution in [0.25, 0.3) is 0 Å². The standard InChI is InChI=1S/C13H18N2O3S/c1-9-5-10(7-11(14)6-9)13(16)15-8-12-3-2-4-19(12,17)18/h5-7,12H,2-4,8,14H2,1H3,(H,15,16). The lowest BCUT2D eigenvalue weighted by Crippen LogP contribution is -2.34. The molecule has 1 aliphatic rings. The third-order valence-corrected chi connectivity index (χ3v) is 5.59. The molecule has 6 heteroatoms. The third-order valence-electron chi connectivity index (χ3n) is 3.31. The van der Waals surface area contributed by atoms with Crippen molar-refractivity contribution in [2.24, 2.45) is 0 Å². The number of sulfone groups is 1. The second kappa shape index (κ2) is 5.21. The number of carbonyl (C=O) groups excluding carboxylic acids is 1. The van der Waals surface area contributed by atoms with Crippen LogP contribution >= 0.6 is 0 Å². The SMILES string of the molecule is Cc1cc(N)cc(C(=O)NCC2CCCS2(=O)=O)c1. The van der Waals surface area contributed by atoms with Gasteiger partial charge < -0.3 is 11.1 Å². The maximum atomic E-state index is 12.0. The highest BCUT2D eigenvalue weighted by Gasteiger charge is 2.31. The molecule has 19 heavy (non-hydrogen) atoms. The zero-order chi connectivity index (χ0) is 14.0. The summed E-state index contributed by atoms with van der Waals surface area (Å²) >= 11 is 0. The molecular weight excluding hydrogens is 264 g/mol. The Morgan fingerprint density at radius 2 is 2.16 bits per heavy atom. The van der Waals surface area contributed by atoms with Gasteiger partial charge in [-0.1, -0.05) is 0 Å². The first-order valence-corrected chi connectivity index (χ1v) is 7.97. The first-order valence-electron chi connectivity index (χ1n) is 6.25. The van der Waals surface area contributed by atoms with Crippen LogP contribution in [-0.2, 0) is 9.84 Å². The van der Waals surface area contributed by atoms with Crippen molar-refractivity contribution in [2.45, 2.75) is 25.0 Å². The smallest absolute Gasteiger partial charge is 0.251 e. The molecule has 1 aromatic carbocycles. The molecule has 1 unspecified atom stereocenters. The van der Waals surface area contributed by atoms with Crippen molar-refractivity contribution in [3.63, 3.8) is 0 Å². The lowest BCUT2D eigenvalue weighted by molar-refractivity contribution is 0.0953. The van der Waals surface area contributed by atoms with Gasteiger partial charge in [0.25, 0.3) is 5.91 Å². The van der Waals surface area contributed by atoms with Gasteiger partial charge in [0.15, 0.2) is 9.84 Å².